The summed E-state index contributed by atoms with van der Waals surface area (Å²) in [4.78, 5) is 0.169. The van der Waals surface area contributed by atoms with Crippen LogP contribution in [0.2, 0.25) is 0 Å². The summed E-state index contributed by atoms with van der Waals surface area (Å²) in [6.45, 7) is 2.73. The van der Waals surface area contributed by atoms with Crippen molar-refractivity contribution in [3.63, 3.8) is 0 Å². The molecule has 2 N–H and O–H groups in total. The minimum Gasteiger partial charge on any atom is -0.389 e. The smallest absolute Gasteiger partial charge is 0.123 e. The zero-order chi connectivity index (χ0) is 12.8. The standard InChI is InChI=1S/C12H16FNO2S/c1-8(6-15-2)16-7-9-3-4-10(13)5-11(9)12(14)17/h3-5,8H,6-7H2,1-2H3,(H2,14,17). The Hall–Kier alpha value is -1.04. The molecule has 1 aromatic carbocycles. The first-order chi connectivity index (χ1) is 8.04. The quantitative estimate of drug-likeness (QED) is 0.792. The van der Waals surface area contributed by atoms with E-state index in [9.17, 15) is 4.39 Å². The lowest BCUT2D eigenvalue weighted by atomic mass is 10.1. The van der Waals surface area contributed by atoms with Crippen molar-refractivity contribution in [1.29, 1.82) is 0 Å². The van der Waals surface area contributed by atoms with E-state index in [1.807, 2.05) is 6.92 Å². The third-order valence-corrected chi connectivity index (χ3v) is 2.48. The molecule has 1 rings (SSSR count). The lowest BCUT2D eigenvalue weighted by Crippen LogP contribution is -2.17. The van der Waals surface area contributed by atoms with Gasteiger partial charge in [0.05, 0.1) is 19.3 Å². The second-order valence-corrected chi connectivity index (χ2v) is 4.18. The predicted molar refractivity (Wildman–Crippen MR) is 68.4 cm³/mol. The van der Waals surface area contributed by atoms with Gasteiger partial charge in [-0.3, -0.25) is 0 Å². The Morgan fingerprint density at radius 2 is 2.24 bits per heavy atom. The van der Waals surface area contributed by atoms with Crippen LogP contribution in [0.5, 0.6) is 0 Å². The molecule has 94 valence electrons. The van der Waals surface area contributed by atoms with Gasteiger partial charge in [0.1, 0.15) is 10.8 Å². The first-order valence-electron chi connectivity index (χ1n) is 5.23. The van der Waals surface area contributed by atoms with Crippen LogP contribution in [0, 0.1) is 5.82 Å². The van der Waals surface area contributed by atoms with Crippen LogP contribution < -0.4 is 5.73 Å². The molecule has 1 aromatic rings. The highest BCUT2D eigenvalue weighted by Gasteiger charge is 2.09. The van der Waals surface area contributed by atoms with Crippen molar-refractivity contribution in [2.24, 2.45) is 5.73 Å². The second kappa shape index (κ2) is 6.64. The molecule has 3 nitrogen and oxygen atoms in total. The molecule has 0 aliphatic heterocycles. The maximum absolute atomic E-state index is 13.1. The van der Waals surface area contributed by atoms with E-state index in [4.69, 9.17) is 27.4 Å². The summed E-state index contributed by atoms with van der Waals surface area (Å²) in [5.41, 5.74) is 6.83. The van der Waals surface area contributed by atoms with E-state index in [1.165, 1.54) is 12.1 Å². The first-order valence-corrected chi connectivity index (χ1v) is 5.64. The molecule has 0 saturated carbocycles. The molecule has 0 heterocycles. The van der Waals surface area contributed by atoms with Crippen LogP contribution in [0.3, 0.4) is 0 Å². The summed E-state index contributed by atoms with van der Waals surface area (Å²) in [6.07, 6.45) is -0.0377. The van der Waals surface area contributed by atoms with Crippen LogP contribution in [-0.4, -0.2) is 24.8 Å². The third kappa shape index (κ3) is 4.38. The molecular weight excluding hydrogens is 241 g/mol. The van der Waals surface area contributed by atoms with Gasteiger partial charge in [0, 0.05) is 12.7 Å². The van der Waals surface area contributed by atoms with Gasteiger partial charge in [0.15, 0.2) is 0 Å². The Labute approximate surface area is 106 Å². The number of thiocarbonyl (C=S) groups is 1. The lowest BCUT2D eigenvalue weighted by Gasteiger charge is -2.14. The topological polar surface area (TPSA) is 44.5 Å². The van der Waals surface area contributed by atoms with Gasteiger partial charge >= 0.3 is 0 Å². The van der Waals surface area contributed by atoms with Gasteiger partial charge in [-0.25, -0.2) is 4.39 Å². The molecule has 5 heteroatoms. The van der Waals surface area contributed by atoms with E-state index in [0.717, 1.165) is 5.56 Å². The minimum absolute atomic E-state index is 0.0377. The number of hydrogen-bond acceptors (Lipinski definition) is 3. The molecule has 0 aliphatic rings. The Morgan fingerprint density at radius 1 is 1.53 bits per heavy atom. The SMILES string of the molecule is COCC(C)OCc1ccc(F)cc1C(N)=S. The third-order valence-electron chi connectivity index (χ3n) is 2.26. The van der Waals surface area contributed by atoms with Crippen molar-refractivity contribution in [2.75, 3.05) is 13.7 Å². The van der Waals surface area contributed by atoms with Crippen LogP contribution in [0.15, 0.2) is 18.2 Å². The highest BCUT2D eigenvalue weighted by molar-refractivity contribution is 7.80. The molecule has 0 aliphatic carbocycles. The Bertz CT molecular complexity index is 398. The fourth-order valence-corrected chi connectivity index (χ4v) is 1.61. The zero-order valence-corrected chi connectivity index (χ0v) is 10.7. The number of benzene rings is 1. The predicted octanol–water partition coefficient (Wildman–Crippen LogP) is 2.01. The average Bonchev–Trinajstić information content (AvgIpc) is 2.27. The van der Waals surface area contributed by atoms with Gasteiger partial charge < -0.3 is 15.2 Å². The molecule has 1 unspecified atom stereocenters. The summed E-state index contributed by atoms with van der Waals surface area (Å²) in [5.74, 6) is -0.360. The molecule has 0 radical (unpaired) electrons. The number of rotatable bonds is 6. The van der Waals surface area contributed by atoms with Gasteiger partial charge in [-0.15, -0.1) is 0 Å². The van der Waals surface area contributed by atoms with E-state index >= 15 is 0 Å². The minimum atomic E-state index is -0.360. The van der Waals surface area contributed by atoms with Crippen molar-refractivity contribution in [1.82, 2.24) is 0 Å². The van der Waals surface area contributed by atoms with Crippen molar-refractivity contribution in [3.8, 4) is 0 Å². The molecule has 0 bridgehead atoms. The summed E-state index contributed by atoms with van der Waals surface area (Å²) >= 11 is 4.87. The van der Waals surface area contributed by atoms with Crippen LogP contribution in [0.25, 0.3) is 0 Å². The van der Waals surface area contributed by atoms with Crippen LogP contribution in [-0.2, 0) is 16.1 Å². The van der Waals surface area contributed by atoms with Crippen LogP contribution in [0.1, 0.15) is 18.1 Å². The van der Waals surface area contributed by atoms with Crippen LogP contribution >= 0.6 is 12.2 Å². The molecule has 0 fully saturated rings. The van der Waals surface area contributed by atoms with E-state index in [2.05, 4.69) is 0 Å². The maximum Gasteiger partial charge on any atom is 0.123 e. The second-order valence-electron chi connectivity index (χ2n) is 3.74. The number of nitrogens with two attached hydrogens (primary N) is 1. The number of methoxy groups -OCH3 is 1. The normalized spacial score (nSPS) is 12.4. The van der Waals surface area contributed by atoms with Gasteiger partial charge in [-0.05, 0) is 24.6 Å². The fraction of sp³-hybridized carbons (Fsp3) is 0.417. The number of ether oxygens (including phenoxy) is 2. The number of hydrogen-bond donors (Lipinski definition) is 1. The van der Waals surface area contributed by atoms with Gasteiger partial charge in [0.2, 0.25) is 0 Å². The van der Waals surface area contributed by atoms with Crippen molar-refractivity contribution >= 4 is 17.2 Å². The maximum atomic E-state index is 13.1. The molecule has 1 atom stereocenters. The molecule has 17 heavy (non-hydrogen) atoms. The van der Waals surface area contributed by atoms with E-state index in [1.54, 1.807) is 13.2 Å². The molecular formula is C12H16FNO2S. The molecule has 0 saturated heterocycles. The van der Waals surface area contributed by atoms with E-state index in [-0.39, 0.29) is 16.9 Å². The summed E-state index contributed by atoms with van der Waals surface area (Å²) < 4.78 is 23.5. The van der Waals surface area contributed by atoms with Gasteiger partial charge in [-0.2, -0.15) is 0 Å². The van der Waals surface area contributed by atoms with Gasteiger partial charge in [-0.1, -0.05) is 18.3 Å². The number of halogens is 1. The van der Waals surface area contributed by atoms with E-state index in [0.29, 0.717) is 18.8 Å². The van der Waals surface area contributed by atoms with Gasteiger partial charge in [0.25, 0.3) is 0 Å². The monoisotopic (exact) mass is 257 g/mol. The largest absolute Gasteiger partial charge is 0.389 e. The van der Waals surface area contributed by atoms with E-state index < -0.39 is 0 Å². The highest BCUT2D eigenvalue weighted by atomic mass is 32.1. The van der Waals surface area contributed by atoms with Crippen molar-refractivity contribution in [2.45, 2.75) is 19.6 Å². The lowest BCUT2D eigenvalue weighted by molar-refractivity contribution is -0.000182. The summed E-state index contributed by atoms with van der Waals surface area (Å²) in [6, 6.07) is 4.31. The highest BCUT2D eigenvalue weighted by Crippen LogP contribution is 2.13. The van der Waals surface area contributed by atoms with Crippen molar-refractivity contribution in [3.05, 3.63) is 35.1 Å². The zero-order valence-electron chi connectivity index (χ0n) is 9.90. The van der Waals surface area contributed by atoms with Crippen molar-refractivity contribution < 1.29 is 13.9 Å². The Morgan fingerprint density at radius 3 is 2.82 bits per heavy atom. The molecule has 0 spiro atoms. The summed E-state index contributed by atoms with van der Waals surface area (Å²) in [5, 5.41) is 0. The Kier molecular flexibility index (Phi) is 5.47. The molecule has 0 amide bonds. The summed E-state index contributed by atoms with van der Waals surface area (Å²) in [7, 11) is 1.61. The Balaban J connectivity index is 2.73. The average molecular weight is 257 g/mol. The van der Waals surface area contributed by atoms with Crippen LogP contribution in [0.4, 0.5) is 4.39 Å². The molecule has 0 aromatic heterocycles. The first kappa shape index (κ1) is 14.0. The fourth-order valence-electron chi connectivity index (χ4n) is 1.42.